The molecule has 0 saturated carbocycles. The van der Waals surface area contributed by atoms with Gasteiger partial charge in [-0.15, -0.1) is 0 Å². The zero-order valence-electron chi connectivity index (χ0n) is 30.6. The first kappa shape index (κ1) is 55.1. The van der Waals surface area contributed by atoms with Crippen LogP contribution < -0.4 is 5.32 Å². The normalized spacial score (nSPS) is 21.1. The highest BCUT2D eigenvalue weighted by Gasteiger charge is 2.53. The van der Waals surface area contributed by atoms with Gasteiger partial charge in [0.1, 0.15) is 25.4 Å². The molecule has 0 bridgehead atoms. The van der Waals surface area contributed by atoms with E-state index >= 15 is 0 Å². The zero-order chi connectivity index (χ0) is 38.7. The van der Waals surface area contributed by atoms with E-state index < -0.39 is 86.9 Å². The number of ether oxygens (including phenoxy) is 7. The number of nitrogens with one attached hydrogen (secondary N) is 1. The zero-order valence-corrected chi connectivity index (χ0v) is 30.6. The number of amides is 1. The predicted molar refractivity (Wildman–Crippen MR) is 182 cm³/mol. The Morgan fingerprint density at radius 1 is 0.820 bits per heavy atom. The molecule has 1 fully saturated rings. The van der Waals surface area contributed by atoms with E-state index in [1.807, 2.05) is 27.7 Å². The quantitative estimate of drug-likeness (QED) is 0.0494. The molecule has 1 amide bonds. The van der Waals surface area contributed by atoms with Gasteiger partial charge in [0.2, 0.25) is 23.3 Å². The van der Waals surface area contributed by atoms with Gasteiger partial charge >= 0.3 is 5.97 Å². The van der Waals surface area contributed by atoms with Gasteiger partial charge in [-0.1, -0.05) is 42.0 Å². The largest absolute Gasteiger partial charge is 0.463 e. The highest BCUT2D eigenvalue weighted by Crippen LogP contribution is 2.32. The number of carbonyl (C=O) groups excluding carboxylic acids is 2. The number of hydrogen-bond donors (Lipinski definition) is 9. The van der Waals surface area contributed by atoms with Crippen molar-refractivity contribution in [2.45, 2.75) is 122 Å². The van der Waals surface area contributed by atoms with E-state index in [0.29, 0.717) is 19.3 Å². The summed E-state index contributed by atoms with van der Waals surface area (Å²) in [6.45, 7) is 6.82. The summed E-state index contributed by atoms with van der Waals surface area (Å²) in [5, 5.41) is 75.5. The van der Waals surface area contributed by atoms with Crippen molar-refractivity contribution in [3.8, 4) is 0 Å². The number of methoxy groups -OCH3 is 3. The maximum atomic E-state index is 11.5. The molecule has 18 nitrogen and oxygen atoms in total. The summed E-state index contributed by atoms with van der Waals surface area (Å²) in [5.74, 6) is -5.13. The number of carbonyl (C=O) groups is 2. The van der Waals surface area contributed by atoms with Crippen LogP contribution in [-0.2, 0) is 42.7 Å². The van der Waals surface area contributed by atoms with Crippen LogP contribution in [0.3, 0.4) is 0 Å². The lowest BCUT2D eigenvalue weighted by atomic mass is 10.0. The van der Waals surface area contributed by atoms with E-state index in [1.54, 1.807) is 6.92 Å². The average molecular weight is 740 g/mol. The average Bonchev–Trinajstić information content (AvgIpc) is 3.41. The van der Waals surface area contributed by atoms with Crippen molar-refractivity contribution < 1.29 is 83.6 Å². The summed E-state index contributed by atoms with van der Waals surface area (Å²) in [6, 6.07) is 0. The third-order valence-corrected chi connectivity index (χ3v) is 7.32. The van der Waals surface area contributed by atoms with Crippen LogP contribution in [0.25, 0.3) is 0 Å². The molecule has 1 aliphatic rings. The molecule has 9 N–H and O–H groups in total. The topological polar surface area (TPSA) is 273 Å². The van der Waals surface area contributed by atoms with Crippen LogP contribution in [0.15, 0.2) is 0 Å². The molecule has 0 aromatic rings. The van der Waals surface area contributed by atoms with Gasteiger partial charge in [-0.25, -0.2) is 0 Å². The maximum absolute atomic E-state index is 11.5. The first-order valence-electron chi connectivity index (χ1n) is 16.3. The highest BCUT2D eigenvalue weighted by atomic mass is 16.7. The Morgan fingerprint density at radius 3 is 1.56 bits per heavy atom. The highest BCUT2D eigenvalue weighted by molar-refractivity contribution is 5.80. The lowest BCUT2D eigenvalue weighted by molar-refractivity contribution is -0.282. The van der Waals surface area contributed by atoms with E-state index in [1.165, 1.54) is 28.4 Å². The molecule has 1 aliphatic heterocycles. The van der Waals surface area contributed by atoms with Crippen LogP contribution in [0.1, 0.15) is 74.1 Å². The molecule has 0 aliphatic carbocycles. The SMILES string of the molecule is C.CC.CC[C@H](CO)OC(CO)(CO)OC.CC[C@H](COC(=O)CCC(=O)NC)OC(CO)(CO)OC.CC[C@H]1O[C@@](CO)(OC)[C@@H](O)[C@H]1O. The van der Waals surface area contributed by atoms with Crippen LogP contribution in [-0.4, -0.2) is 175 Å². The number of esters is 1. The molecule has 1 heterocycles. The van der Waals surface area contributed by atoms with Gasteiger partial charge in [-0.3, -0.25) is 9.59 Å². The maximum Gasteiger partial charge on any atom is 0.306 e. The Labute approximate surface area is 297 Å². The summed E-state index contributed by atoms with van der Waals surface area (Å²) >= 11 is 0. The summed E-state index contributed by atoms with van der Waals surface area (Å²) in [5.41, 5.74) is 0. The molecule has 0 spiro atoms. The third-order valence-electron chi connectivity index (χ3n) is 7.32. The molecular formula is C32H69NO17. The molecular weight excluding hydrogens is 670 g/mol. The first-order valence-corrected chi connectivity index (χ1v) is 16.3. The van der Waals surface area contributed by atoms with Crippen molar-refractivity contribution in [3.05, 3.63) is 0 Å². The molecule has 0 aromatic heterocycles. The van der Waals surface area contributed by atoms with Crippen LogP contribution in [0.5, 0.6) is 0 Å². The monoisotopic (exact) mass is 739 g/mol. The van der Waals surface area contributed by atoms with Crippen molar-refractivity contribution in [1.29, 1.82) is 0 Å². The van der Waals surface area contributed by atoms with Gasteiger partial charge in [0, 0.05) is 34.8 Å². The molecule has 0 radical (unpaired) electrons. The standard InChI is InChI=1S/C13H25NO7.C8H16O5.C8H18O5.C2H6.CH4/c1-4-10(21-13(8-15,9-16)19-3)7-20-12(18)6-5-11(17)14-2;1-3-5-6(10)7(11)8(4-9,12-2)13-5;1-3-7(4-9)13-8(5-10,6-11)12-2;1-2;/h10,15-16H,4-9H2,1-3H3,(H,14,17);5-7,9-11H,3-4H2,1-2H3;7,9-11H,3-6H2,1-2H3;1-2H3;1H4/t10-;5-,6+,7+,8-;7-;;/m111../s1. The van der Waals surface area contributed by atoms with E-state index in [4.69, 9.17) is 53.6 Å². The van der Waals surface area contributed by atoms with Crippen molar-refractivity contribution >= 4 is 11.9 Å². The van der Waals surface area contributed by atoms with Gasteiger partial charge < -0.3 is 79.3 Å². The van der Waals surface area contributed by atoms with E-state index in [9.17, 15) is 30.0 Å². The fourth-order valence-corrected chi connectivity index (χ4v) is 3.84. The van der Waals surface area contributed by atoms with Crippen LogP contribution in [0.2, 0.25) is 0 Å². The number of aliphatic hydroxyl groups excluding tert-OH is 8. The van der Waals surface area contributed by atoms with E-state index in [2.05, 4.69) is 5.32 Å². The second-order valence-corrected chi connectivity index (χ2v) is 10.4. The Bertz CT molecular complexity index is 789. The predicted octanol–water partition coefficient (Wildman–Crippen LogP) is -1.21. The lowest BCUT2D eigenvalue weighted by Gasteiger charge is -2.32. The summed E-state index contributed by atoms with van der Waals surface area (Å²) < 4.78 is 35.6. The minimum Gasteiger partial charge on any atom is -0.463 e. The number of aliphatic hydroxyl groups is 8. The Morgan fingerprint density at radius 2 is 1.28 bits per heavy atom. The molecule has 0 aromatic carbocycles. The molecule has 50 heavy (non-hydrogen) atoms. The smallest absolute Gasteiger partial charge is 0.306 e. The fourth-order valence-electron chi connectivity index (χ4n) is 3.84. The van der Waals surface area contributed by atoms with Crippen molar-refractivity contribution in [2.24, 2.45) is 0 Å². The third kappa shape index (κ3) is 18.7. The van der Waals surface area contributed by atoms with E-state index in [-0.39, 0.29) is 39.4 Å². The van der Waals surface area contributed by atoms with Crippen LogP contribution >= 0.6 is 0 Å². The second-order valence-electron chi connectivity index (χ2n) is 10.4. The van der Waals surface area contributed by atoms with Crippen molar-refractivity contribution in [3.63, 3.8) is 0 Å². The second kappa shape index (κ2) is 31.0. The van der Waals surface area contributed by atoms with Gasteiger partial charge in [-0.05, 0) is 19.3 Å². The summed E-state index contributed by atoms with van der Waals surface area (Å²) in [6.07, 6.45) is -1.98. The van der Waals surface area contributed by atoms with Gasteiger partial charge in [0.05, 0.1) is 57.8 Å². The molecule has 1 rings (SSSR count). The van der Waals surface area contributed by atoms with Gasteiger partial charge in [-0.2, -0.15) is 0 Å². The van der Waals surface area contributed by atoms with Gasteiger partial charge in [0.15, 0.2) is 0 Å². The number of hydrogen-bond acceptors (Lipinski definition) is 17. The van der Waals surface area contributed by atoms with Crippen LogP contribution in [0.4, 0.5) is 0 Å². The fraction of sp³-hybridized carbons (Fsp3) is 0.938. The molecule has 1 saturated heterocycles. The minimum absolute atomic E-state index is 0. The van der Waals surface area contributed by atoms with Crippen molar-refractivity contribution in [1.82, 2.24) is 5.32 Å². The van der Waals surface area contributed by atoms with Gasteiger partial charge in [0.25, 0.3) is 0 Å². The van der Waals surface area contributed by atoms with Crippen molar-refractivity contribution in [2.75, 3.05) is 74.6 Å². The molecule has 6 atom stereocenters. The van der Waals surface area contributed by atoms with Crippen LogP contribution in [0, 0.1) is 0 Å². The van der Waals surface area contributed by atoms with E-state index in [0.717, 1.165) is 0 Å². The summed E-state index contributed by atoms with van der Waals surface area (Å²) in [4.78, 5) is 22.5. The Kier molecular flexibility index (Phi) is 34.1. The molecule has 304 valence electrons. The molecule has 0 unspecified atom stereocenters. The number of rotatable bonds is 21. The Hall–Kier alpha value is -1.62. The summed E-state index contributed by atoms with van der Waals surface area (Å²) in [7, 11) is 5.44. The first-order chi connectivity index (χ1) is 23.2. The lowest BCUT2D eigenvalue weighted by Crippen LogP contribution is -2.47. The minimum atomic E-state index is -1.52. The Balaban J connectivity index is -0.000000319. The molecule has 18 heteroatoms.